The number of hydrogen-bond donors (Lipinski definition) is 1. The lowest BCUT2D eigenvalue weighted by molar-refractivity contribution is 0.479. The Morgan fingerprint density at radius 1 is 1.15 bits per heavy atom. The molecule has 110 valence electrons. The molecule has 1 aromatic carbocycles. The second-order valence-corrected chi connectivity index (χ2v) is 6.52. The van der Waals surface area contributed by atoms with Gasteiger partial charge in [0, 0.05) is 30.9 Å². The molecule has 0 saturated heterocycles. The smallest absolute Gasteiger partial charge is 0.0401 e. The summed E-state index contributed by atoms with van der Waals surface area (Å²) < 4.78 is 0. The van der Waals surface area contributed by atoms with Gasteiger partial charge in [-0.05, 0) is 50.7 Å². The number of nitrogens with one attached hydrogen (secondary N) is 1. The lowest BCUT2D eigenvalue weighted by Crippen LogP contribution is -2.43. The van der Waals surface area contributed by atoms with E-state index in [1.165, 1.54) is 62.7 Å². The molecule has 1 aliphatic carbocycles. The number of para-hydroxylation sites is 1. The molecule has 3 rings (SSSR count). The third-order valence-electron chi connectivity index (χ3n) is 4.99. The fourth-order valence-electron chi connectivity index (χ4n) is 3.76. The van der Waals surface area contributed by atoms with E-state index in [9.17, 15) is 0 Å². The van der Waals surface area contributed by atoms with Crippen LogP contribution < -0.4 is 10.2 Å². The molecular formula is C18H28N2. The van der Waals surface area contributed by atoms with Crippen LogP contribution in [0.2, 0.25) is 0 Å². The lowest BCUT2D eigenvalue weighted by atomic mass is 10.1. The van der Waals surface area contributed by atoms with Crippen LogP contribution in [0.4, 0.5) is 5.69 Å². The van der Waals surface area contributed by atoms with Crippen LogP contribution >= 0.6 is 0 Å². The van der Waals surface area contributed by atoms with Gasteiger partial charge >= 0.3 is 0 Å². The maximum absolute atomic E-state index is 3.79. The van der Waals surface area contributed by atoms with E-state index in [4.69, 9.17) is 0 Å². The molecule has 2 aliphatic rings. The zero-order chi connectivity index (χ0) is 13.8. The molecule has 0 bridgehead atoms. The highest BCUT2D eigenvalue weighted by Crippen LogP contribution is 2.27. The summed E-state index contributed by atoms with van der Waals surface area (Å²) in [4.78, 5) is 2.63. The molecule has 1 N–H and O–H groups in total. The fourth-order valence-corrected chi connectivity index (χ4v) is 3.76. The van der Waals surface area contributed by atoms with Crippen LogP contribution in [0.25, 0.3) is 0 Å². The van der Waals surface area contributed by atoms with Gasteiger partial charge in [-0.3, -0.25) is 0 Å². The molecule has 0 amide bonds. The normalized spacial score (nSPS) is 21.6. The van der Waals surface area contributed by atoms with Crippen molar-refractivity contribution >= 4 is 5.69 Å². The van der Waals surface area contributed by atoms with Gasteiger partial charge in [-0.2, -0.15) is 0 Å². The predicted molar refractivity (Wildman–Crippen MR) is 86.4 cm³/mol. The highest BCUT2D eigenvalue weighted by atomic mass is 15.2. The quantitative estimate of drug-likeness (QED) is 0.898. The van der Waals surface area contributed by atoms with Gasteiger partial charge in [-0.1, -0.05) is 31.0 Å². The Bertz CT molecular complexity index is 423. The van der Waals surface area contributed by atoms with Crippen molar-refractivity contribution in [2.45, 2.75) is 64.0 Å². The van der Waals surface area contributed by atoms with Gasteiger partial charge in [-0.25, -0.2) is 0 Å². The molecular weight excluding hydrogens is 244 g/mol. The molecule has 0 spiro atoms. The van der Waals surface area contributed by atoms with Crippen LogP contribution in [-0.4, -0.2) is 25.2 Å². The van der Waals surface area contributed by atoms with E-state index in [0.29, 0.717) is 6.04 Å². The Kier molecular flexibility index (Phi) is 4.62. The summed E-state index contributed by atoms with van der Waals surface area (Å²) in [7, 11) is 0. The van der Waals surface area contributed by atoms with Gasteiger partial charge in [0.05, 0.1) is 0 Å². The Hall–Kier alpha value is -1.02. The van der Waals surface area contributed by atoms with Crippen molar-refractivity contribution in [1.29, 1.82) is 0 Å². The SMILES string of the molecule is CC(CNC1CCCC1)N1CCCCc2ccccc21. The first-order valence-electron chi connectivity index (χ1n) is 8.42. The highest BCUT2D eigenvalue weighted by Gasteiger charge is 2.21. The van der Waals surface area contributed by atoms with Crippen molar-refractivity contribution in [2.24, 2.45) is 0 Å². The van der Waals surface area contributed by atoms with Crippen LogP contribution in [0, 0.1) is 0 Å². The average molecular weight is 272 g/mol. The Labute approximate surface area is 123 Å². The summed E-state index contributed by atoms with van der Waals surface area (Å²) in [6.45, 7) is 4.72. The van der Waals surface area contributed by atoms with Crippen molar-refractivity contribution < 1.29 is 0 Å². The standard InChI is InChI=1S/C18H28N2/c1-15(14-19-17-10-3-4-11-17)20-13-7-6-9-16-8-2-5-12-18(16)20/h2,5,8,12,15,17,19H,3-4,6-7,9-11,13-14H2,1H3. The molecule has 2 heteroatoms. The van der Waals surface area contributed by atoms with Gasteiger partial charge < -0.3 is 10.2 Å². The molecule has 1 aliphatic heterocycles. The number of benzene rings is 1. The van der Waals surface area contributed by atoms with E-state index in [1.807, 2.05) is 0 Å². The first kappa shape index (κ1) is 13.9. The third-order valence-corrected chi connectivity index (χ3v) is 4.99. The van der Waals surface area contributed by atoms with Crippen LogP contribution in [0.5, 0.6) is 0 Å². The minimum Gasteiger partial charge on any atom is -0.367 e. The number of anilines is 1. The molecule has 1 atom stereocenters. The Morgan fingerprint density at radius 3 is 2.80 bits per heavy atom. The third kappa shape index (κ3) is 3.17. The Balaban J connectivity index is 1.65. The summed E-state index contributed by atoms with van der Waals surface area (Å²) in [5.74, 6) is 0. The maximum Gasteiger partial charge on any atom is 0.0401 e. The molecule has 1 fully saturated rings. The number of nitrogens with zero attached hydrogens (tertiary/aromatic N) is 1. The molecule has 1 unspecified atom stereocenters. The summed E-state index contributed by atoms with van der Waals surface area (Å²) >= 11 is 0. The van der Waals surface area contributed by atoms with E-state index in [-0.39, 0.29) is 0 Å². The van der Waals surface area contributed by atoms with Gasteiger partial charge in [0.1, 0.15) is 0 Å². The molecule has 1 saturated carbocycles. The van der Waals surface area contributed by atoms with Gasteiger partial charge in [0.2, 0.25) is 0 Å². The molecule has 1 heterocycles. The topological polar surface area (TPSA) is 15.3 Å². The van der Waals surface area contributed by atoms with Crippen LogP contribution in [-0.2, 0) is 6.42 Å². The van der Waals surface area contributed by atoms with Crippen LogP contribution in [0.1, 0.15) is 51.0 Å². The zero-order valence-electron chi connectivity index (χ0n) is 12.8. The summed E-state index contributed by atoms with van der Waals surface area (Å²) in [6.07, 6.45) is 9.48. The van der Waals surface area contributed by atoms with Crippen LogP contribution in [0.15, 0.2) is 24.3 Å². The molecule has 1 aromatic rings. The molecule has 0 aromatic heterocycles. The van der Waals surface area contributed by atoms with Crippen molar-refractivity contribution in [3.63, 3.8) is 0 Å². The fraction of sp³-hybridized carbons (Fsp3) is 0.667. The number of fused-ring (bicyclic) bond motifs is 1. The van der Waals surface area contributed by atoms with Crippen molar-refractivity contribution in [2.75, 3.05) is 18.0 Å². The van der Waals surface area contributed by atoms with Gasteiger partial charge in [0.15, 0.2) is 0 Å². The maximum atomic E-state index is 3.79. The summed E-state index contributed by atoms with van der Waals surface area (Å²) in [5.41, 5.74) is 3.02. The van der Waals surface area contributed by atoms with E-state index in [1.54, 1.807) is 0 Å². The van der Waals surface area contributed by atoms with E-state index < -0.39 is 0 Å². The largest absolute Gasteiger partial charge is 0.367 e. The Morgan fingerprint density at radius 2 is 1.95 bits per heavy atom. The first-order chi connectivity index (χ1) is 9.84. The number of rotatable bonds is 4. The van der Waals surface area contributed by atoms with Crippen molar-refractivity contribution in [3.05, 3.63) is 29.8 Å². The summed E-state index contributed by atoms with van der Waals surface area (Å²) in [5, 5.41) is 3.79. The number of aryl methyl sites for hydroxylation is 1. The summed E-state index contributed by atoms with van der Waals surface area (Å²) in [6, 6.07) is 10.4. The molecule has 20 heavy (non-hydrogen) atoms. The monoisotopic (exact) mass is 272 g/mol. The van der Waals surface area contributed by atoms with E-state index in [2.05, 4.69) is 41.4 Å². The first-order valence-corrected chi connectivity index (χ1v) is 8.42. The molecule has 2 nitrogen and oxygen atoms in total. The minimum absolute atomic E-state index is 0.592. The van der Waals surface area contributed by atoms with Gasteiger partial charge in [-0.15, -0.1) is 0 Å². The van der Waals surface area contributed by atoms with E-state index >= 15 is 0 Å². The highest BCUT2D eigenvalue weighted by molar-refractivity contribution is 5.55. The number of hydrogen-bond acceptors (Lipinski definition) is 2. The predicted octanol–water partition coefficient (Wildman–Crippen LogP) is 3.75. The van der Waals surface area contributed by atoms with Crippen molar-refractivity contribution in [1.82, 2.24) is 5.32 Å². The molecule has 0 radical (unpaired) electrons. The average Bonchev–Trinajstić information content (AvgIpc) is 2.90. The van der Waals surface area contributed by atoms with E-state index in [0.717, 1.165) is 12.6 Å². The van der Waals surface area contributed by atoms with Crippen molar-refractivity contribution in [3.8, 4) is 0 Å². The van der Waals surface area contributed by atoms with Gasteiger partial charge in [0.25, 0.3) is 0 Å². The van der Waals surface area contributed by atoms with Crippen LogP contribution in [0.3, 0.4) is 0 Å². The second-order valence-electron chi connectivity index (χ2n) is 6.52. The zero-order valence-corrected chi connectivity index (χ0v) is 12.8. The minimum atomic E-state index is 0.592. The lowest BCUT2D eigenvalue weighted by Gasteiger charge is -2.32. The second kappa shape index (κ2) is 6.62.